The van der Waals surface area contributed by atoms with Crippen molar-refractivity contribution < 1.29 is 46.9 Å². The molecule has 3 aromatic rings. The topological polar surface area (TPSA) is 166 Å². The van der Waals surface area contributed by atoms with Crippen LogP contribution in [-0.2, 0) is 64.7 Å². The monoisotopic (exact) mass is 909 g/mol. The summed E-state index contributed by atoms with van der Waals surface area (Å²) in [5.41, 5.74) is 2.35. The molecule has 3 atom stereocenters. The van der Waals surface area contributed by atoms with Gasteiger partial charge in [-0.2, -0.15) is 3.89 Å². The molecule has 0 bridgehead atoms. The zero-order valence-corrected chi connectivity index (χ0v) is 32.1. The van der Waals surface area contributed by atoms with Gasteiger partial charge < -0.3 is 14.2 Å². The summed E-state index contributed by atoms with van der Waals surface area (Å²) in [5, 5.41) is 6.58. The van der Waals surface area contributed by atoms with Crippen molar-refractivity contribution >= 4 is 95.9 Å². The number of fused-ring (bicyclic) bond motifs is 6. The number of hydrogen-bond donors (Lipinski definition) is 3. The van der Waals surface area contributed by atoms with Crippen molar-refractivity contribution in [2.24, 2.45) is 0 Å². The van der Waals surface area contributed by atoms with E-state index in [0.717, 1.165) is 66.1 Å². The van der Waals surface area contributed by atoms with E-state index in [1.54, 1.807) is 0 Å². The van der Waals surface area contributed by atoms with Gasteiger partial charge in [0.25, 0.3) is 17.7 Å². The van der Waals surface area contributed by atoms with Gasteiger partial charge in [0.15, 0.2) is 0 Å². The quantitative estimate of drug-likeness (QED) is 0.204. The Morgan fingerprint density at radius 3 is 1.02 bits per heavy atom. The SMILES string of the molecule is CSF.O=C1NC(=O)C2(CCc3cc(Br)ccc32)O1.O=C1NC(=O)[C@@]2(CCc3cc(Br)ccc32)O1.O=C1NC(=O)[C@]2(CCc3cc(Br)ccc32)O1. The molecule has 3 N–H and O–H groups in total. The van der Waals surface area contributed by atoms with Crippen molar-refractivity contribution in [3.05, 3.63) is 101 Å². The molecule has 6 amide bonds. The lowest BCUT2D eigenvalue weighted by Gasteiger charge is -2.19. The molecule has 266 valence electrons. The van der Waals surface area contributed by atoms with Crippen LogP contribution in [0.3, 0.4) is 0 Å². The maximum Gasteiger partial charge on any atom is 0.415 e. The average Bonchev–Trinajstić information content (AvgIpc) is 3.89. The van der Waals surface area contributed by atoms with Crippen molar-refractivity contribution in [3.8, 4) is 0 Å². The van der Waals surface area contributed by atoms with Crippen LogP contribution in [0.2, 0.25) is 0 Å². The molecular formula is C34H27Br3FN3O9S. The second-order valence-electron chi connectivity index (χ2n) is 12.1. The molecule has 0 radical (unpaired) electrons. The number of nitrogens with one attached hydrogen (secondary N) is 3. The molecule has 1 unspecified atom stereocenters. The molecule has 3 aliphatic carbocycles. The summed E-state index contributed by atoms with van der Waals surface area (Å²) in [6.45, 7) is 0. The first kappa shape index (κ1) is 37.0. The van der Waals surface area contributed by atoms with Crippen molar-refractivity contribution in [1.29, 1.82) is 0 Å². The number of rotatable bonds is 0. The molecule has 17 heteroatoms. The van der Waals surface area contributed by atoms with E-state index in [9.17, 15) is 32.7 Å². The van der Waals surface area contributed by atoms with Crippen molar-refractivity contribution in [2.75, 3.05) is 6.26 Å². The van der Waals surface area contributed by atoms with E-state index in [1.165, 1.54) is 6.26 Å². The maximum absolute atomic E-state index is 11.8. The largest absolute Gasteiger partial charge is 0.427 e. The Morgan fingerprint density at radius 2 is 0.804 bits per heavy atom. The number of aryl methyl sites for hydroxylation is 3. The maximum atomic E-state index is 11.8. The van der Waals surface area contributed by atoms with Gasteiger partial charge in [-0.1, -0.05) is 66.0 Å². The number of carbonyl (C=O) groups excluding carboxylic acids is 6. The van der Waals surface area contributed by atoms with Crippen LogP contribution in [0.15, 0.2) is 68.0 Å². The molecule has 9 rings (SSSR count). The highest BCUT2D eigenvalue weighted by molar-refractivity contribution is 9.11. The molecule has 3 saturated heterocycles. The fraction of sp³-hybridized carbons (Fsp3) is 0.294. The molecule has 0 aromatic heterocycles. The van der Waals surface area contributed by atoms with Gasteiger partial charge in [-0.25, -0.2) is 14.4 Å². The highest BCUT2D eigenvalue weighted by atomic mass is 79.9. The van der Waals surface area contributed by atoms with E-state index < -0.39 is 35.1 Å². The van der Waals surface area contributed by atoms with E-state index >= 15 is 0 Å². The van der Waals surface area contributed by atoms with Crippen molar-refractivity contribution in [3.63, 3.8) is 0 Å². The zero-order valence-electron chi connectivity index (χ0n) is 26.5. The van der Waals surface area contributed by atoms with Crippen LogP contribution in [0.5, 0.6) is 0 Å². The molecule has 12 nitrogen and oxygen atoms in total. The van der Waals surface area contributed by atoms with Gasteiger partial charge in [-0.3, -0.25) is 30.3 Å². The number of ether oxygens (including phenoxy) is 3. The van der Waals surface area contributed by atoms with Crippen LogP contribution in [-0.4, -0.2) is 42.3 Å². The molecule has 51 heavy (non-hydrogen) atoms. The summed E-state index contributed by atoms with van der Waals surface area (Å²) >= 11 is 10.4. The molecule has 6 aliphatic rings. The van der Waals surface area contributed by atoms with E-state index in [-0.39, 0.29) is 29.9 Å². The lowest BCUT2D eigenvalue weighted by atomic mass is 9.95. The van der Waals surface area contributed by atoms with Gasteiger partial charge in [0.2, 0.25) is 16.8 Å². The Balaban J connectivity index is 0.000000127. The van der Waals surface area contributed by atoms with Crippen molar-refractivity contribution in [2.45, 2.75) is 55.3 Å². The first-order chi connectivity index (χ1) is 24.3. The van der Waals surface area contributed by atoms with Crippen LogP contribution < -0.4 is 16.0 Å². The fourth-order valence-electron chi connectivity index (χ4n) is 7.12. The molecule has 0 saturated carbocycles. The van der Waals surface area contributed by atoms with E-state index in [2.05, 4.69) is 63.7 Å². The first-order valence-corrected chi connectivity index (χ1v) is 18.9. The second-order valence-corrected chi connectivity index (χ2v) is 15.1. The number of halogens is 4. The number of carbonyl (C=O) groups is 6. The smallest absolute Gasteiger partial charge is 0.415 e. The van der Waals surface area contributed by atoms with Crippen LogP contribution in [0, 0.1) is 0 Å². The minimum Gasteiger partial charge on any atom is -0.427 e. The minimum absolute atomic E-state index is 0.250. The molecule has 3 heterocycles. The first-order valence-electron chi connectivity index (χ1n) is 15.4. The van der Waals surface area contributed by atoms with Gasteiger partial charge >= 0.3 is 18.3 Å². The molecule has 3 aliphatic heterocycles. The predicted molar refractivity (Wildman–Crippen MR) is 191 cm³/mol. The third kappa shape index (κ3) is 6.68. The summed E-state index contributed by atoms with van der Waals surface area (Å²) in [5.74, 6) is -1.05. The van der Waals surface area contributed by atoms with E-state index in [4.69, 9.17) is 14.2 Å². The summed E-state index contributed by atoms with van der Waals surface area (Å²) in [6.07, 6.45) is 3.23. The fourth-order valence-corrected chi connectivity index (χ4v) is 8.35. The van der Waals surface area contributed by atoms with Crippen LogP contribution >= 0.6 is 59.9 Å². The van der Waals surface area contributed by atoms with Crippen LogP contribution in [0.1, 0.15) is 52.6 Å². The molecule has 3 spiro atoms. The number of hydrogen-bond acceptors (Lipinski definition) is 10. The molecule has 3 aromatic carbocycles. The Kier molecular flexibility index (Phi) is 10.4. The van der Waals surface area contributed by atoms with Gasteiger partial charge in [-0.15, -0.1) is 0 Å². The Labute approximate surface area is 320 Å². The number of amides is 6. The van der Waals surface area contributed by atoms with Crippen LogP contribution in [0.4, 0.5) is 18.3 Å². The molecule has 3 fully saturated rings. The van der Waals surface area contributed by atoms with Gasteiger partial charge in [0, 0.05) is 67.8 Å². The van der Waals surface area contributed by atoms with Gasteiger partial charge in [0.1, 0.15) is 0 Å². The van der Waals surface area contributed by atoms with E-state index in [1.807, 2.05) is 54.6 Å². The lowest BCUT2D eigenvalue weighted by molar-refractivity contribution is -0.132. The van der Waals surface area contributed by atoms with Crippen LogP contribution in [0.25, 0.3) is 0 Å². The standard InChI is InChI=1S/3C11H8BrNO3.CH3FS/c3*12-7-1-2-8-6(5-7)3-4-11(8)9(14)13-10(15)16-11;1-3-2/h3*1-2,5H,3-4H2,(H,13,14,15);1H3/t2*11-;;/m10../s1. The Bertz CT molecular complexity index is 1800. The zero-order chi connectivity index (χ0) is 36.7. The number of benzene rings is 3. The summed E-state index contributed by atoms with van der Waals surface area (Å²) < 4.78 is 28.6. The predicted octanol–water partition coefficient (Wildman–Crippen LogP) is 6.80. The minimum atomic E-state index is -1.08. The van der Waals surface area contributed by atoms with E-state index in [0.29, 0.717) is 19.3 Å². The average molecular weight is 912 g/mol. The lowest BCUT2D eigenvalue weighted by Crippen LogP contribution is -2.34. The highest BCUT2D eigenvalue weighted by Crippen LogP contribution is 2.45. The molecular weight excluding hydrogens is 885 g/mol. The summed E-state index contributed by atoms with van der Waals surface area (Å²) in [7, 11) is 0. The van der Waals surface area contributed by atoms with Gasteiger partial charge in [0.05, 0.1) is 0 Å². The highest BCUT2D eigenvalue weighted by Gasteiger charge is 2.56. The summed E-state index contributed by atoms with van der Waals surface area (Å²) in [6, 6.07) is 17.0. The third-order valence-corrected chi connectivity index (χ3v) is 10.8. The van der Waals surface area contributed by atoms with Crippen molar-refractivity contribution in [1.82, 2.24) is 16.0 Å². The Morgan fingerprint density at radius 1 is 0.549 bits per heavy atom. The third-order valence-electron chi connectivity index (χ3n) is 9.29. The Hall–Kier alpha value is -3.80. The number of alkyl carbamates (subject to hydrolysis) is 3. The summed E-state index contributed by atoms with van der Waals surface area (Å²) in [4.78, 5) is 68.7. The van der Waals surface area contributed by atoms with Gasteiger partial charge in [-0.05, 0) is 72.4 Å². The number of imide groups is 3. The normalized spacial score (nSPS) is 25.6. The second kappa shape index (κ2) is 14.3.